The SMILES string of the molecule is CCNC(=NCCc1cc(F)cc(F)c1)N1CCN(C(C)=O)CC1.I. The zero-order valence-electron chi connectivity index (χ0n) is 14.6. The number of piperazine rings is 1. The minimum Gasteiger partial charge on any atom is -0.357 e. The third-order valence-corrected chi connectivity index (χ3v) is 3.94. The Morgan fingerprint density at radius 2 is 1.68 bits per heavy atom. The minimum atomic E-state index is -0.568. The van der Waals surface area contributed by atoms with Crippen molar-refractivity contribution in [2.24, 2.45) is 4.99 Å². The van der Waals surface area contributed by atoms with Gasteiger partial charge in [0.05, 0.1) is 0 Å². The summed E-state index contributed by atoms with van der Waals surface area (Å²) >= 11 is 0. The van der Waals surface area contributed by atoms with Gasteiger partial charge in [-0.2, -0.15) is 0 Å². The number of rotatable bonds is 4. The van der Waals surface area contributed by atoms with Crippen molar-refractivity contribution in [2.75, 3.05) is 39.3 Å². The standard InChI is InChI=1S/C17H24F2N4O.HI/c1-3-20-17(23-8-6-22(7-9-23)13(2)24)21-5-4-14-10-15(18)12-16(19)11-14;/h10-12H,3-9H2,1-2H3,(H,20,21);1H. The smallest absolute Gasteiger partial charge is 0.219 e. The average molecular weight is 466 g/mol. The third kappa shape index (κ3) is 6.75. The Morgan fingerprint density at radius 3 is 2.20 bits per heavy atom. The van der Waals surface area contributed by atoms with Crippen LogP contribution in [0.3, 0.4) is 0 Å². The molecule has 140 valence electrons. The molecule has 1 aromatic rings. The van der Waals surface area contributed by atoms with Gasteiger partial charge in [0.2, 0.25) is 5.91 Å². The van der Waals surface area contributed by atoms with Crippen molar-refractivity contribution in [1.29, 1.82) is 0 Å². The van der Waals surface area contributed by atoms with Crippen LogP contribution in [0.1, 0.15) is 19.4 Å². The van der Waals surface area contributed by atoms with Gasteiger partial charge in [-0.05, 0) is 31.0 Å². The van der Waals surface area contributed by atoms with Crippen LogP contribution in [-0.2, 0) is 11.2 Å². The second-order valence-corrected chi connectivity index (χ2v) is 5.76. The van der Waals surface area contributed by atoms with E-state index in [1.54, 1.807) is 6.92 Å². The molecule has 0 saturated carbocycles. The van der Waals surface area contributed by atoms with Crippen molar-refractivity contribution in [2.45, 2.75) is 20.3 Å². The molecule has 0 aliphatic carbocycles. The molecule has 1 saturated heterocycles. The van der Waals surface area contributed by atoms with Crippen LogP contribution in [0.5, 0.6) is 0 Å². The van der Waals surface area contributed by atoms with Gasteiger partial charge in [0.15, 0.2) is 5.96 Å². The highest BCUT2D eigenvalue weighted by molar-refractivity contribution is 14.0. The molecule has 2 rings (SSSR count). The van der Waals surface area contributed by atoms with Crippen molar-refractivity contribution in [3.63, 3.8) is 0 Å². The first kappa shape index (κ1) is 21.6. The first-order valence-corrected chi connectivity index (χ1v) is 8.23. The Hall–Kier alpha value is -1.45. The first-order valence-electron chi connectivity index (χ1n) is 8.23. The topological polar surface area (TPSA) is 47.9 Å². The van der Waals surface area contributed by atoms with Crippen LogP contribution in [0.4, 0.5) is 8.78 Å². The summed E-state index contributed by atoms with van der Waals surface area (Å²) < 4.78 is 26.4. The van der Waals surface area contributed by atoms with Gasteiger partial charge in [-0.1, -0.05) is 0 Å². The van der Waals surface area contributed by atoms with Crippen molar-refractivity contribution >= 4 is 35.8 Å². The summed E-state index contributed by atoms with van der Waals surface area (Å²) in [6.07, 6.45) is 0.469. The predicted octanol–water partition coefficient (Wildman–Crippen LogP) is 2.25. The molecule has 0 bridgehead atoms. The zero-order valence-corrected chi connectivity index (χ0v) is 16.9. The molecule has 1 aliphatic heterocycles. The molecule has 0 atom stereocenters. The lowest BCUT2D eigenvalue weighted by molar-refractivity contribution is -0.130. The second-order valence-electron chi connectivity index (χ2n) is 5.76. The van der Waals surface area contributed by atoms with E-state index in [1.807, 2.05) is 11.8 Å². The van der Waals surface area contributed by atoms with E-state index in [0.29, 0.717) is 31.6 Å². The van der Waals surface area contributed by atoms with Crippen molar-refractivity contribution in [3.05, 3.63) is 35.4 Å². The molecular weight excluding hydrogens is 441 g/mol. The Kier molecular flexibility index (Phi) is 9.09. The summed E-state index contributed by atoms with van der Waals surface area (Å²) in [5.74, 6) is -0.273. The number of halogens is 3. The Balaban J connectivity index is 0.00000312. The highest BCUT2D eigenvalue weighted by atomic mass is 127. The van der Waals surface area contributed by atoms with Crippen LogP contribution < -0.4 is 5.32 Å². The number of carbonyl (C=O) groups is 1. The van der Waals surface area contributed by atoms with E-state index < -0.39 is 11.6 Å². The predicted molar refractivity (Wildman–Crippen MR) is 105 cm³/mol. The van der Waals surface area contributed by atoms with E-state index in [2.05, 4.69) is 15.2 Å². The molecule has 0 spiro atoms. The first-order chi connectivity index (χ1) is 11.5. The number of nitrogens with one attached hydrogen (secondary N) is 1. The number of amides is 1. The molecule has 25 heavy (non-hydrogen) atoms. The van der Waals surface area contributed by atoms with Gasteiger partial charge in [0.25, 0.3) is 0 Å². The van der Waals surface area contributed by atoms with Crippen molar-refractivity contribution < 1.29 is 13.6 Å². The number of nitrogens with zero attached hydrogens (tertiary/aromatic N) is 3. The van der Waals surface area contributed by atoms with Crippen LogP contribution in [0.25, 0.3) is 0 Å². The lowest BCUT2D eigenvalue weighted by Crippen LogP contribution is -2.53. The summed E-state index contributed by atoms with van der Waals surface area (Å²) in [5, 5.41) is 3.23. The monoisotopic (exact) mass is 466 g/mol. The molecule has 0 aromatic heterocycles. The highest BCUT2D eigenvalue weighted by Crippen LogP contribution is 2.09. The lowest BCUT2D eigenvalue weighted by atomic mass is 10.1. The summed E-state index contributed by atoms with van der Waals surface area (Å²) in [6.45, 7) is 7.54. The van der Waals surface area contributed by atoms with Crippen LogP contribution in [-0.4, -0.2) is 60.9 Å². The fourth-order valence-electron chi connectivity index (χ4n) is 2.71. The second kappa shape index (κ2) is 10.5. The molecule has 1 heterocycles. The zero-order chi connectivity index (χ0) is 17.5. The fourth-order valence-corrected chi connectivity index (χ4v) is 2.71. The van der Waals surface area contributed by atoms with Crippen LogP contribution in [0, 0.1) is 11.6 Å². The van der Waals surface area contributed by atoms with Gasteiger partial charge in [-0.25, -0.2) is 8.78 Å². The average Bonchev–Trinajstić information content (AvgIpc) is 2.53. The molecule has 1 fully saturated rings. The van der Waals surface area contributed by atoms with E-state index >= 15 is 0 Å². The number of hydrogen-bond acceptors (Lipinski definition) is 2. The minimum absolute atomic E-state index is 0. The van der Waals surface area contributed by atoms with Crippen LogP contribution in [0.2, 0.25) is 0 Å². The van der Waals surface area contributed by atoms with E-state index in [0.717, 1.165) is 31.7 Å². The number of hydrogen-bond donors (Lipinski definition) is 1. The Bertz CT molecular complexity index is 584. The largest absolute Gasteiger partial charge is 0.357 e. The summed E-state index contributed by atoms with van der Waals surface area (Å²) in [5.41, 5.74) is 0.591. The van der Waals surface area contributed by atoms with Crippen LogP contribution in [0.15, 0.2) is 23.2 Å². The van der Waals surface area contributed by atoms with Crippen molar-refractivity contribution in [3.8, 4) is 0 Å². The normalized spacial score (nSPS) is 15.0. The van der Waals surface area contributed by atoms with Crippen molar-refractivity contribution in [1.82, 2.24) is 15.1 Å². The molecule has 5 nitrogen and oxygen atoms in total. The van der Waals surface area contributed by atoms with Gasteiger partial charge >= 0.3 is 0 Å². The third-order valence-electron chi connectivity index (χ3n) is 3.94. The lowest BCUT2D eigenvalue weighted by Gasteiger charge is -2.36. The highest BCUT2D eigenvalue weighted by Gasteiger charge is 2.20. The van der Waals surface area contributed by atoms with E-state index in [4.69, 9.17) is 0 Å². The maximum Gasteiger partial charge on any atom is 0.219 e. The molecule has 0 unspecified atom stereocenters. The maximum absolute atomic E-state index is 13.2. The molecular formula is C17H25F2IN4O. The number of benzene rings is 1. The quantitative estimate of drug-likeness (QED) is 0.421. The van der Waals surface area contributed by atoms with Gasteiger partial charge in [-0.3, -0.25) is 9.79 Å². The van der Waals surface area contributed by atoms with Gasteiger partial charge in [0.1, 0.15) is 11.6 Å². The summed E-state index contributed by atoms with van der Waals surface area (Å²) in [4.78, 5) is 19.9. The maximum atomic E-state index is 13.2. The summed E-state index contributed by atoms with van der Waals surface area (Å²) in [6, 6.07) is 3.53. The number of guanidine groups is 1. The molecule has 0 radical (unpaired) electrons. The molecule has 1 aliphatic rings. The molecule has 1 amide bonds. The summed E-state index contributed by atoms with van der Waals surface area (Å²) in [7, 11) is 0. The number of carbonyl (C=O) groups excluding carboxylic acids is 1. The fraction of sp³-hybridized carbons (Fsp3) is 0.529. The Labute approximate surface area is 164 Å². The molecule has 8 heteroatoms. The molecule has 1 N–H and O–H groups in total. The number of aliphatic imine (C=N–C) groups is 1. The Morgan fingerprint density at radius 1 is 1.12 bits per heavy atom. The van der Waals surface area contributed by atoms with Crippen LogP contribution >= 0.6 is 24.0 Å². The van der Waals surface area contributed by atoms with Gasteiger partial charge in [-0.15, -0.1) is 24.0 Å². The van der Waals surface area contributed by atoms with E-state index in [-0.39, 0.29) is 29.9 Å². The van der Waals surface area contributed by atoms with E-state index in [1.165, 1.54) is 12.1 Å². The van der Waals surface area contributed by atoms with Gasteiger partial charge < -0.3 is 15.1 Å². The van der Waals surface area contributed by atoms with E-state index in [9.17, 15) is 13.6 Å². The van der Waals surface area contributed by atoms with Gasteiger partial charge in [0, 0.05) is 52.3 Å². The molecule has 1 aromatic carbocycles.